The molecule has 1 atom stereocenters. The fourth-order valence-corrected chi connectivity index (χ4v) is 2.76. The number of rotatable bonds is 7. The summed E-state index contributed by atoms with van der Waals surface area (Å²) in [7, 11) is 1.60. The van der Waals surface area contributed by atoms with Crippen molar-refractivity contribution in [2.45, 2.75) is 32.7 Å². The number of carbonyl (C=O) groups excluding carboxylic acids is 2. The average Bonchev–Trinajstić information content (AvgIpc) is 2.63. The van der Waals surface area contributed by atoms with Gasteiger partial charge >= 0.3 is 0 Å². The number of nitrogens with zero attached hydrogens (tertiary/aromatic N) is 1. The lowest BCUT2D eigenvalue weighted by Crippen LogP contribution is -2.48. The molecule has 2 aromatic rings. The Hall–Kier alpha value is -2.62. The van der Waals surface area contributed by atoms with Gasteiger partial charge in [-0.3, -0.25) is 9.59 Å². The van der Waals surface area contributed by atoms with Gasteiger partial charge in [-0.1, -0.05) is 60.2 Å². The second-order valence-corrected chi connectivity index (χ2v) is 6.28. The van der Waals surface area contributed by atoms with Crippen LogP contribution in [0.1, 0.15) is 23.6 Å². The molecule has 2 rings (SSSR count). The maximum Gasteiger partial charge on any atom is 0.242 e. The number of hydrogen-bond acceptors (Lipinski definition) is 2. The van der Waals surface area contributed by atoms with Gasteiger partial charge < -0.3 is 10.2 Å². The molecule has 0 aromatic heterocycles. The first-order valence-electron chi connectivity index (χ1n) is 8.62. The van der Waals surface area contributed by atoms with Crippen LogP contribution in [0.15, 0.2) is 54.6 Å². The number of benzene rings is 2. The molecule has 25 heavy (non-hydrogen) atoms. The topological polar surface area (TPSA) is 49.4 Å². The average molecular weight is 338 g/mol. The van der Waals surface area contributed by atoms with Crippen LogP contribution in [-0.4, -0.2) is 36.3 Å². The van der Waals surface area contributed by atoms with Gasteiger partial charge in [0.2, 0.25) is 11.8 Å². The van der Waals surface area contributed by atoms with Gasteiger partial charge in [0, 0.05) is 13.6 Å². The van der Waals surface area contributed by atoms with Crippen LogP contribution < -0.4 is 5.32 Å². The molecule has 0 aliphatic heterocycles. The molecule has 0 aliphatic carbocycles. The van der Waals surface area contributed by atoms with E-state index in [9.17, 15) is 9.59 Å². The Morgan fingerprint density at radius 1 is 1.00 bits per heavy atom. The molecular formula is C21H26N2O2. The van der Waals surface area contributed by atoms with E-state index in [0.717, 1.165) is 23.1 Å². The highest BCUT2D eigenvalue weighted by Crippen LogP contribution is 2.10. The summed E-state index contributed by atoms with van der Waals surface area (Å²) in [5, 5.41) is 2.64. The van der Waals surface area contributed by atoms with Crippen molar-refractivity contribution in [1.82, 2.24) is 10.2 Å². The van der Waals surface area contributed by atoms with E-state index in [4.69, 9.17) is 0 Å². The van der Waals surface area contributed by atoms with E-state index < -0.39 is 6.04 Å². The Morgan fingerprint density at radius 2 is 1.64 bits per heavy atom. The van der Waals surface area contributed by atoms with Crippen LogP contribution in [0.25, 0.3) is 0 Å². The maximum absolute atomic E-state index is 12.8. The Bertz CT molecular complexity index is 696. The standard InChI is InChI=1S/C21H26N2O2/c1-16-9-11-19(12-10-16)15-20(24)23(17(2)21(25)22-3)14-13-18-7-5-4-6-8-18/h4-12,17H,13-15H2,1-3H3,(H,22,25)/t17-/m0/s1. The molecule has 0 unspecified atom stereocenters. The van der Waals surface area contributed by atoms with Crippen molar-refractivity contribution in [1.29, 1.82) is 0 Å². The van der Waals surface area contributed by atoms with Gasteiger partial charge in [0.1, 0.15) is 6.04 Å². The predicted molar refractivity (Wildman–Crippen MR) is 100 cm³/mol. The van der Waals surface area contributed by atoms with Gasteiger partial charge in [-0.25, -0.2) is 0 Å². The van der Waals surface area contributed by atoms with Crippen molar-refractivity contribution < 1.29 is 9.59 Å². The highest BCUT2D eigenvalue weighted by atomic mass is 16.2. The minimum Gasteiger partial charge on any atom is -0.357 e. The van der Waals surface area contributed by atoms with Crippen LogP contribution >= 0.6 is 0 Å². The number of carbonyl (C=O) groups is 2. The number of amides is 2. The Labute approximate surface area is 149 Å². The van der Waals surface area contributed by atoms with Crippen LogP contribution in [0.4, 0.5) is 0 Å². The fraction of sp³-hybridized carbons (Fsp3) is 0.333. The third-order valence-electron chi connectivity index (χ3n) is 4.37. The molecule has 0 spiro atoms. The minimum absolute atomic E-state index is 0.0316. The molecule has 0 aliphatic rings. The molecule has 132 valence electrons. The predicted octanol–water partition coefficient (Wildman–Crippen LogP) is 2.74. The van der Waals surface area contributed by atoms with Gasteiger partial charge in [0.05, 0.1) is 6.42 Å². The van der Waals surface area contributed by atoms with Crippen molar-refractivity contribution in [2.24, 2.45) is 0 Å². The first-order chi connectivity index (χ1) is 12.0. The fourth-order valence-electron chi connectivity index (χ4n) is 2.76. The number of nitrogens with one attached hydrogen (secondary N) is 1. The van der Waals surface area contributed by atoms with Crippen LogP contribution in [0.5, 0.6) is 0 Å². The molecule has 1 N–H and O–H groups in total. The van der Waals surface area contributed by atoms with E-state index in [1.165, 1.54) is 0 Å². The van der Waals surface area contributed by atoms with E-state index in [-0.39, 0.29) is 11.8 Å². The van der Waals surface area contributed by atoms with E-state index in [0.29, 0.717) is 13.0 Å². The van der Waals surface area contributed by atoms with Gasteiger partial charge in [0.25, 0.3) is 0 Å². The molecule has 0 fully saturated rings. The third-order valence-corrected chi connectivity index (χ3v) is 4.37. The number of aryl methyl sites for hydroxylation is 1. The molecule has 0 bridgehead atoms. The smallest absolute Gasteiger partial charge is 0.242 e. The monoisotopic (exact) mass is 338 g/mol. The van der Waals surface area contributed by atoms with Gasteiger partial charge in [0.15, 0.2) is 0 Å². The zero-order valence-electron chi connectivity index (χ0n) is 15.2. The van der Waals surface area contributed by atoms with E-state index >= 15 is 0 Å². The van der Waals surface area contributed by atoms with Crippen LogP contribution in [0.2, 0.25) is 0 Å². The first kappa shape index (κ1) is 18.7. The summed E-state index contributed by atoms with van der Waals surface area (Å²) in [6.45, 7) is 4.31. The molecule has 0 radical (unpaired) electrons. The quantitative estimate of drug-likeness (QED) is 0.844. The molecule has 4 nitrogen and oxygen atoms in total. The van der Waals surface area contributed by atoms with Crippen LogP contribution in [-0.2, 0) is 22.4 Å². The van der Waals surface area contributed by atoms with Crippen molar-refractivity contribution in [3.8, 4) is 0 Å². The van der Waals surface area contributed by atoms with Crippen molar-refractivity contribution in [3.63, 3.8) is 0 Å². The molecule has 2 aromatic carbocycles. The summed E-state index contributed by atoms with van der Waals surface area (Å²) >= 11 is 0. The van der Waals surface area contributed by atoms with Gasteiger partial charge in [-0.15, -0.1) is 0 Å². The lowest BCUT2D eigenvalue weighted by molar-refractivity contribution is -0.139. The molecule has 0 saturated carbocycles. The first-order valence-corrected chi connectivity index (χ1v) is 8.62. The lowest BCUT2D eigenvalue weighted by Gasteiger charge is -2.28. The number of hydrogen-bond donors (Lipinski definition) is 1. The SMILES string of the molecule is CNC(=O)[C@H](C)N(CCc1ccccc1)C(=O)Cc1ccc(C)cc1. The van der Waals surface area contributed by atoms with Crippen molar-refractivity contribution >= 4 is 11.8 Å². The van der Waals surface area contributed by atoms with Gasteiger partial charge in [-0.05, 0) is 31.4 Å². The van der Waals surface area contributed by atoms with Crippen molar-refractivity contribution in [3.05, 3.63) is 71.3 Å². The highest BCUT2D eigenvalue weighted by molar-refractivity contribution is 5.88. The molecule has 0 heterocycles. The Morgan fingerprint density at radius 3 is 2.24 bits per heavy atom. The lowest BCUT2D eigenvalue weighted by atomic mass is 10.1. The molecule has 0 saturated heterocycles. The summed E-state index contributed by atoms with van der Waals surface area (Å²) in [6.07, 6.45) is 1.03. The van der Waals surface area contributed by atoms with Crippen LogP contribution in [0.3, 0.4) is 0 Å². The summed E-state index contributed by atoms with van der Waals surface area (Å²) in [5.41, 5.74) is 3.28. The Kier molecular flexibility index (Phi) is 6.75. The Balaban J connectivity index is 2.10. The molecule has 4 heteroatoms. The zero-order valence-corrected chi connectivity index (χ0v) is 15.2. The van der Waals surface area contributed by atoms with Crippen molar-refractivity contribution in [2.75, 3.05) is 13.6 Å². The summed E-state index contributed by atoms with van der Waals surface area (Å²) in [6, 6.07) is 17.4. The maximum atomic E-state index is 12.8. The zero-order chi connectivity index (χ0) is 18.2. The molecular weight excluding hydrogens is 312 g/mol. The van der Waals surface area contributed by atoms with E-state index in [1.54, 1.807) is 18.9 Å². The van der Waals surface area contributed by atoms with Gasteiger partial charge in [-0.2, -0.15) is 0 Å². The second kappa shape index (κ2) is 9.02. The highest BCUT2D eigenvalue weighted by Gasteiger charge is 2.24. The summed E-state index contributed by atoms with van der Waals surface area (Å²) < 4.78 is 0. The largest absolute Gasteiger partial charge is 0.357 e. The number of likely N-dealkylation sites (N-methyl/N-ethyl adjacent to an activating group) is 1. The second-order valence-electron chi connectivity index (χ2n) is 6.28. The summed E-state index contributed by atoms with van der Waals surface area (Å²) in [5.74, 6) is -0.179. The van der Waals surface area contributed by atoms with Crippen LogP contribution in [0, 0.1) is 6.92 Å². The van der Waals surface area contributed by atoms with E-state index in [2.05, 4.69) is 5.32 Å². The third kappa shape index (κ3) is 5.45. The normalized spacial score (nSPS) is 11.6. The minimum atomic E-state index is -0.494. The molecule has 2 amide bonds. The van der Waals surface area contributed by atoms with E-state index in [1.807, 2.05) is 61.5 Å². The summed E-state index contributed by atoms with van der Waals surface area (Å²) in [4.78, 5) is 26.6.